The molecule has 1 heterocycles. The van der Waals surface area contributed by atoms with E-state index < -0.39 is 5.97 Å². The molecule has 0 amide bonds. The van der Waals surface area contributed by atoms with E-state index in [0.29, 0.717) is 0 Å². The zero-order valence-corrected chi connectivity index (χ0v) is 9.93. The second kappa shape index (κ2) is 5.19. The van der Waals surface area contributed by atoms with Crippen molar-refractivity contribution in [1.29, 1.82) is 5.26 Å². The van der Waals surface area contributed by atoms with E-state index in [2.05, 4.69) is 4.98 Å². The van der Waals surface area contributed by atoms with Crippen LogP contribution in [0.5, 0.6) is 0 Å². The van der Waals surface area contributed by atoms with Gasteiger partial charge in [0.15, 0.2) is 0 Å². The molecule has 0 saturated heterocycles. The zero-order chi connectivity index (χ0) is 13.0. The van der Waals surface area contributed by atoms with Gasteiger partial charge in [0.05, 0.1) is 6.61 Å². The summed E-state index contributed by atoms with van der Waals surface area (Å²) >= 11 is 0. The van der Waals surface area contributed by atoms with Gasteiger partial charge in [0, 0.05) is 17.1 Å². The van der Waals surface area contributed by atoms with Gasteiger partial charge in [-0.2, -0.15) is 5.26 Å². The van der Waals surface area contributed by atoms with Crippen molar-refractivity contribution < 1.29 is 9.53 Å². The molecule has 4 nitrogen and oxygen atoms in total. The van der Waals surface area contributed by atoms with Crippen LogP contribution in [0.3, 0.4) is 0 Å². The first-order valence-corrected chi connectivity index (χ1v) is 5.61. The number of ether oxygens (including phenoxy) is 1. The SMILES string of the molecule is CCOC(=O)/C(C#N)=C/c1cccc2[nH]ccc12. The van der Waals surface area contributed by atoms with E-state index in [-0.39, 0.29) is 12.2 Å². The van der Waals surface area contributed by atoms with Gasteiger partial charge >= 0.3 is 5.97 Å². The molecule has 0 fully saturated rings. The van der Waals surface area contributed by atoms with Gasteiger partial charge in [-0.1, -0.05) is 12.1 Å². The molecule has 18 heavy (non-hydrogen) atoms. The molecule has 0 unspecified atom stereocenters. The van der Waals surface area contributed by atoms with Crippen molar-refractivity contribution in [2.24, 2.45) is 0 Å². The van der Waals surface area contributed by atoms with Crippen LogP contribution in [-0.4, -0.2) is 17.6 Å². The van der Waals surface area contributed by atoms with Crippen molar-refractivity contribution >= 4 is 22.9 Å². The molecule has 0 spiro atoms. The van der Waals surface area contributed by atoms with Crippen molar-refractivity contribution in [1.82, 2.24) is 4.98 Å². The van der Waals surface area contributed by atoms with Crippen LogP contribution in [-0.2, 0) is 9.53 Å². The summed E-state index contributed by atoms with van der Waals surface area (Å²) < 4.78 is 4.82. The molecule has 2 aromatic rings. The monoisotopic (exact) mass is 240 g/mol. The smallest absolute Gasteiger partial charge is 0.348 e. The predicted molar refractivity (Wildman–Crippen MR) is 68.5 cm³/mol. The quantitative estimate of drug-likeness (QED) is 0.509. The summed E-state index contributed by atoms with van der Waals surface area (Å²) in [7, 11) is 0. The largest absolute Gasteiger partial charge is 0.462 e. The van der Waals surface area contributed by atoms with E-state index in [0.717, 1.165) is 16.5 Å². The standard InChI is InChI=1S/C14H12N2O2/c1-2-18-14(17)11(9-15)8-10-4-3-5-13-12(10)6-7-16-13/h3-8,16H,2H2,1H3/b11-8+. The Morgan fingerprint density at radius 3 is 3.06 bits per heavy atom. The van der Waals surface area contributed by atoms with Crippen LogP contribution in [0.4, 0.5) is 0 Å². The van der Waals surface area contributed by atoms with Crippen LogP contribution in [0.2, 0.25) is 0 Å². The number of esters is 1. The van der Waals surface area contributed by atoms with E-state index in [1.807, 2.05) is 36.5 Å². The Hall–Kier alpha value is -2.54. The van der Waals surface area contributed by atoms with Gasteiger partial charge in [-0.15, -0.1) is 0 Å². The van der Waals surface area contributed by atoms with Gasteiger partial charge < -0.3 is 9.72 Å². The summed E-state index contributed by atoms with van der Waals surface area (Å²) in [6.07, 6.45) is 3.37. The average molecular weight is 240 g/mol. The van der Waals surface area contributed by atoms with Crippen LogP contribution in [0, 0.1) is 11.3 Å². The number of hydrogen-bond donors (Lipinski definition) is 1. The summed E-state index contributed by atoms with van der Waals surface area (Å²) in [5, 5.41) is 9.95. The maximum atomic E-state index is 11.5. The van der Waals surface area contributed by atoms with Crippen molar-refractivity contribution in [3.8, 4) is 6.07 Å². The minimum atomic E-state index is -0.590. The molecule has 1 N–H and O–H groups in total. The highest BCUT2D eigenvalue weighted by Gasteiger charge is 2.10. The number of aromatic nitrogens is 1. The molecule has 0 aliphatic carbocycles. The minimum Gasteiger partial charge on any atom is -0.462 e. The molecule has 0 atom stereocenters. The first-order valence-electron chi connectivity index (χ1n) is 5.61. The molecular weight excluding hydrogens is 228 g/mol. The number of nitriles is 1. The van der Waals surface area contributed by atoms with Crippen molar-refractivity contribution in [2.75, 3.05) is 6.61 Å². The third-order valence-corrected chi connectivity index (χ3v) is 2.54. The lowest BCUT2D eigenvalue weighted by Gasteiger charge is -2.01. The molecule has 1 aromatic carbocycles. The van der Waals surface area contributed by atoms with Crippen LogP contribution >= 0.6 is 0 Å². The number of rotatable bonds is 3. The highest BCUT2D eigenvalue weighted by molar-refractivity contribution is 6.00. The Morgan fingerprint density at radius 2 is 2.33 bits per heavy atom. The Bertz CT molecular complexity index is 647. The third kappa shape index (κ3) is 2.25. The summed E-state index contributed by atoms with van der Waals surface area (Å²) in [5.74, 6) is -0.590. The van der Waals surface area contributed by atoms with Crippen LogP contribution < -0.4 is 0 Å². The molecule has 2 rings (SSSR count). The van der Waals surface area contributed by atoms with Gasteiger partial charge in [-0.25, -0.2) is 4.79 Å². The fraction of sp³-hybridized carbons (Fsp3) is 0.143. The van der Waals surface area contributed by atoms with Crippen LogP contribution in [0.25, 0.3) is 17.0 Å². The first kappa shape index (κ1) is 11.9. The number of nitrogens with zero attached hydrogens (tertiary/aromatic N) is 1. The Kier molecular flexibility index (Phi) is 3.44. The summed E-state index contributed by atoms with van der Waals surface area (Å²) in [6.45, 7) is 1.96. The fourth-order valence-electron chi connectivity index (χ4n) is 1.74. The lowest BCUT2D eigenvalue weighted by Crippen LogP contribution is -2.05. The lowest BCUT2D eigenvalue weighted by atomic mass is 10.1. The summed E-state index contributed by atoms with van der Waals surface area (Å²) in [4.78, 5) is 14.6. The Morgan fingerprint density at radius 1 is 1.50 bits per heavy atom. The van der Waals surface area contributed by atoms with Crippen LogP contribution in [0.15, 0.2) is 36.0 Å². The van der Waals surface area contributed by atoms with E-state index in [1.165, 1.54) is 0 Å². The number of carbonyl (C=O) groups is 1. The average Bonchev–Trinajstić information content (AvgIpc) is 2.85. The third-order valence-electron chi connectivity index (χ3n) is 2.54. The number of carbonyl (C=O) groups excluding carboxylic acids is 1. The van der Waals surface area contributed by atoms with Gasteiger partial charge in [-0.3, -0.25) is 0 Å². The second-order valence-corrected chi connectivity index (χ2v) is 3.68. The normalized spacial score (nSPS) is 11.2. The molecule has 1 aromatic heterocycles. The lowest BCUT2D eigenvalue weighted by molar-refractivity contribution is -0.137. The predicted octanol–water partition coefficient (Wildman–Crippen LogP) is 2.64. The van der Waals surface area contributed by atoms with Crippen molar-refractivity contribution in [2.45, 2.75) is 6.92 Å². The number of hydrogen-bond acceptors (Lipinski definition) is 3. The molecule has 90 valence electrons. The Balaban J connectivity index is 2.45. The van der Waals surface area contributed by atoms with Gasteiger partial charge in [0.25, 0.3) is 0 Å². The Labute approximate surface area is 104 Å². The highest BCUT2D eigenvalue weighted by atomic mass is 16.5. The maximum Gasteiger partial charge on any atom is 0.348 e. The number of H-pyrrole nitrogens is 1. The fourth-order valence-corrected chi connectivity index (χ4v) is 1.74. The van der Waals surface area contributed by atoms with Gasteiger partial charge in [0.2, 0.25) is 0 Å². The summed E-state index contributed by atoms with van der Waals surface area (Å²) in [5.41, 5.74) is 1.79. The minimum absolute atomic E-state index is 0.00514. The molecule has 0 aliphatic heterocycles. The van der Waals surface area contributed by atoms with Gasteiger partial charge in [-0.05, 0) is 30.7 Å². The first-order chi connectivity index (χ1) is 8.76. The molecule has 0 bridgehead atoms. The molecular formula is C14H12N2O2. The van der Waals surface area contributed by atoms with Crippen molar-refractivity contribution in [3.63, 3.8) is 0 Å². The molecule has 4 heteroatoms. The van der Waals surface area contributed by atoms with E-state index in [9.17, 15) is 4.79 Å². The molecule has 0 saturated carbocycles. The number of aromatic amines is 1. The maximum absolute atomic E-state index is 11.5. The molecule has 0 radical (unpaired) electrons. The van der Waals surface area contributed by atoms with E-state index in [4.69, 9.17) is 10.00 Å². The topological polar surface area (TPSA) is 65.9 Å². The number of benzene rings is 1. The zero-order valence-electron chi connectivity index (χ0n) is 9.93. The van der Waals surface area contributed by atoms with Crippen LogP contribution in [0.1, 0.15) is 12.5 Å². The summed E-state index contributed by atoms with van der Waals surface area (Å²) in [6, 6.07) is 9.43. The van der Waals surface area contributed by atoms with Gasteiger partial charge in [0.1, 0.15) is 11.6 Å². The second-order valence-electron chi connectivity index (χ2n) is 3.68. The van der Waals surface area contributed by atoms with E-state index in [1.54, 1.807) is 13.0 Å². The molecule has 0 aliphatic rings. The number of nitrogens with one attached hydrogen (secondary N) is 1. The van der Waals surface area contributed by atoms with E-state index >= 15 is 0 Å². The van der Waals surface area contributed by atoms with Crippen molar-refractivity contribution in [3.05, 3.63) is 41.6 Å². The number of fused-ring (bicyclic) bond motifs is 1. The highest BCUT2D eigenvalue weighted by Crippen LogP contribution is 2.20.